The third-order valence-corrected chi connectivity index (χ3v) is 6.31. The average molecular weight is 481 g/mol. The van der Waals surface area contributed by atoms with Crippen molar-refractivity contribution in [1.82, 2.24) is 5.32 Å². The summed E-state index contributed by atoms with van der Waals surface area (Å²) >= 11 is 0. The highest BCUT2D eigenvalue weighted by molar-refractivity contribution is 5.83. The van der Waals surface area contributed by atoms with Crippen molar-refractivity contribution in [3.05, 3.63) is 102 Å². The van der Waals surface area contributed by atoms with E-state index in [1.807, 2.05) is 42.5 Å². The number of rotatable bonds is 10. The Balaban J connectivity index is 1.34. The van der Waals surface area contributed by atoms with Crippen LogP contribution in [0.1, 0.15) is 30.5 Å². The van der Waals surface area contributed by atoms with Gasteiger partial charge in [-0.25, -0.2) is 0 Å². The van der Waals surface area contributed by atoms with Crippen LogP contribution in [0, 0.1) is 11.3 Å². The van der Waals surface area contributed by atoms with Gasteiger partial charge < -0.3 is 20.3 Å². The molecule has 0 aliphatic carbocycles. The van der Waals surface area contributed by atoms with E-state index in [-0.39, 0.29) is 18.8 Å². The lowest BCUT2D eigenvalue weighted by Gasteiger charge is -2.28. The SMILES string of the molecule is CC(C)(Cc1ccc2ccccc2c1)NCC(O)COc1ccc(-c2ccccc2CO)cc1C#N. The molecule has 5 heteroatoms. The van der Waals surface area contributed by atoms with E-state index in [4.69, 9.17) is 4.74 Å². The van der Waals surface area contributed by atoms with Gasteiger partial charge in [0.1, 0.15) is 24.5 Å². The second-order valence-corrected chi connectivity index (χ2v) is 9.73. The topological polar surface area (TPSA) is 85.5 Å². The fraction of sp³-hybridized carbons (Fsp3) is 0.258. The molecule has 4 aromatic carbocycles. The predicted molar refractivity (Wildman–Crippen MR) is 144 cm³/mol. The molecule has 0 radical (unpaired) electrons. The minimum Gasteiger partial charge on any atom is -0.489 e. The molecule has 0 aromatic heterocycles. The van der Waals surface area contributed by atoms with E-state index in [0.717, 1.165) is 23.1 Å². The van der Waals surface area contributed by atoms with Gasteiger partial charge in [-0.15, -0.1) is 0 Å². The van der Waals surface area contributed by atoms with Gasteiger partial charge >= 0.3 is 0 Å². The van der Waals surface area contributed by atoms with E-state index in [1.165, 1.54) is 16.3 Å². The van der Waals surface area contributed by atoms with Gasteiger partial charge in [-0.05, 0) is 65.4 Å². The van der Waals surface area contributed by atoms with Gasteiger partial charge in [0, 0.05) is 12.1 Å². The number of hydrogen-bond acceptors (Lipinski definition) is 5. The molecule has 4 rings (SSSR count). The Morgan fingerprint density at radius 2 is 1.69 bits per heavy atom. The maximum absolute atomic E-state index is 10.5. The molecular weight excluding hydrogens is 448 g/mol. The number of nitriles is 1. The van der Waals surface area contributed by atoms with E-state index >= 15 is 0 Å². The number of hydrogen-bond donors (Lipinski definition) is 3. The van der Waals surface area contributed by atoms with Crippen LogP contribution in [0.2, 0.25) is 0 Å². The quantitative estimate of drug-likeness (QED) is 0.290. The van der Waals surface area contributed by atoms with Gasteiger partial charge in [-0.3, -0.25) is 0 Å². The Bertz CT molecular complexity index is 1370. The largest absolute Gasteiger partial charge is 0.489 e. The first-order valence-corrected chi connectivity index (χ1v) is 12.2. The van der Waals surface area contributed by atoms with E-state index < -0.39 is 6.10 Å². The molecule has 1 atom stereocenters. The van der Waals surface area contributed by atoms with Crippen LogP contribution in [0.3, 0.4) is 0 Å². The van der Waals surface area contributed by atoms with Crippen molar-refractivity contribution >= 4 is 10.8 Å². The number of benzene rings is 4. The van der Waals surface area contributed by atoms with Crippen LogP contribution < -0.4 is 10.1 Å². The fourth-order valence-electron chi connectivity index (χ4n) is 4.41. The third-order valence-electron chi connectivity index (χ3n) is 6.31. The number of ether oxygens (including phenoxy) is 1. The summed E-state index contributed by atoms with van der Waals surface area (Å²) in [6.45, 7) is 4.59. The maximum Gasteiger partial charge on any atom is 0.137 e. The zero-order chi connectivity index (χ0) is 25.5. The van der Waals surface area contributed by atoms with Gasteiger partial charge in [-0.1, -0.05) is 72.8 Å². The molecule has 0 amide bonds. The highest BCUT2D eigenvalue weighted by Gasteiger charge is 2.20. The average Bonchev–Trinajstić information content (AvgIpc) is 2.90. The zero-order valence-electron chi connectivity index (χ0n) is 20.7. The molecule has 36 heavy (non-hydrogen) atoms. The molecule has 0 spiro atoms. The number of aliphatic hydroxyl groups is 2. The van der Waals surface area contributed by atoms with Crippen LogP contribution in [0.25, 0.3) is 21.9 Å². The van der Waals surface area contributed by atoms with Gasteiger partial charge in [-0.2, -0.15) is 5.26 Å². The molecule has 5 nitrogen and oxygen atoms in total. The standard InChI is InChI=1S/C31H32N2O3/c1-31(2,17-22-11-12-23-7-3-4-8-24(23)15-22)33-19-28(35)21-36-30-14-13-25(16-27(30)18-32)29-10-6-5-9-26(29)20-34/h3-16,28,33-35H,17,19-21H2,1-2H3. The third kappa shape index (κ3) is 6.30. The van der Waals surface area contributed by atoms with Crippen molar-refractivity contribution < 1.29 is 14.9 Å². The summed E-state index contributed by atoms with van der Waals surface area (Å²) in [5.74, 6) is 0.428. The normalized spacial score (nSPS) is 12.3. The van der Waals surface area contributed by atoms with Crippen LogP contribution in [-0.2, 0) is 13.0 Å². The Labute approximate surface area is 212 Å². The Kier molecular flexibility index (Phi) is 8.02. The summed E-state index contributed by atoms with van der Waals surface area (Å²) in [5, 5.41) is 35.7. The van der Waals surface area contributed by atoms with Crippen LogP contribution in [0.4, 0.5) is 0 Å². The second-order valence-electron chi connectivity index (χ2n) is 9.73. The van der Waals surface area contributed by atoms with Crippen molar-refractivity contribution in [3.63, 3.8) is 0 Å². The predicted octanol–water partition coefficient (Wildman–Crippen LogP) is 5.22. The van der Waals surface area contributed by atoms with Crippen molar-refractivity contribution in [2.24, 2.45) is 0 Å². The van der Waals surface area contributed by atoms with E-state index in [2.05, 4.69) is 55.6 Å². The molecule has 0 saturated heterocycles. The smallest absolute Gasteiger partial charge is 0.137 e. The molecule has 4 aromatic rings. The molecule has 0 aliphatic rings. The van der Waals surface area contributed by atoms with Crippen molar-refractivity contribution in [2.45, 2.75) is 38.5 Å². The first-order chi connectivity index (χ1) is 17.4. The molecule has 0 bridgehead atoms. The molecule has 0 fully saturated rings. The van der Waals surface area contributed by atoms with Gasteiger partial charge in [0.2, 0.25) is 0 Å². The Morgan fingerprint density at radius 1 is 0.944 bits per heavy atom. The summed E-state index contributed by atoms with van der Waals surface area (Å²) in [7, 11) is 0. The van der Waals surface area contributed by atoms with Crippen LogP contribution in [0.15, 0.2) is 84.9 Å². The minimum atomic E-state index is -0.734. The summed E-state index contributed by atoms with van der Waals surface area (Å²) in [6.07, 6.45) is 0.0861. The number of fused-ring (bicyclic) bond motifs is 1. The first kappa shape index (κ1) is 25.4. The monoisotopic (exact) mass is 480 g/mol. The Morgan fingerprint density at radius 3 is 2.47 bits per heavy atom. The number of nitrogens with zero attached hydrogens (tertiary/aromatic N) is 1. The number of nitrogens with one attached hydrogen (secondary N) is 1. The van der Waals surface area contributed by atoms with Gasteiger partial charge in [0.05, 0.1) is 12.2 Å². The zero-order valence-corrected chi connectivity index (χ0v) is 20.7. The van der Waals surface area contributed by atoms with E-state index in [1.54, 1.807) is 12.1 Å². The van der Waals surface area contributed by atoms with Gasteiger partial charge in [0.25, 0.3) is 0 Å². The lowest BCUT2D eigenvalue weighted by Crippen LogP contribution is -2.46. The summed E-state index contributed by atoms with van der Waals surface area (Å²) in [5.41, 5.74) is 3.91. The molecule has 1 unspecified atom stereocenters. The molecular formula is C31H32N2O3. The highest BCUT2D eigenvalue weighted by atomic mass is 16.5. The van der Waals surface area contributed by atoms with Crippen molar-refractivity contribution in [3.8, 4) is 22.9 Å². The van der Waals surface area contributed by atoms with Crippen molar-refractivity contribution in [1.29, 1.82) is 5.26 Å². The highest BCUT2D eigenvalue weighted by Crippen LogP contribution is 2.29. The lowest BCUT2D eigenvalue weighted by atomic mass is 9.93. The lowest BCUT2D eigenvalue weighted by molar-refractivity contribution is 0.0987. The van der Waals surface area contributed by atoms with Crippen LogP contribution >= 0.6 is 0 Å². The molecule has 184 valence electrons. The fourth-order valence-corrected chi connectivity index (χ4v) is 4.41. The molecule has 0 aliphatic heterocycles. The maximum atomic E-state index is 10.5. The minimum absolute atomic E-state index is 0.0698. The van der Waals surface area contributed by atoms with Crippen LogP contribution in [-0.4, -0.2) is 35.0 Å². The van der Waals surface area contributed by atoms with E-state index in [9.17, 15) is 15.5 Å². The molecule has 3 N–H and O–H groups in total. The summed E-state index contributed by atoms with van der Waals surface area (Å²) < 4.78 is 5.81. The first-order valence-electron chi connectivity index (χ1n) is 12.2. The van der Waals surface area contributed by atoms with Crippen molar-refractivity contribution in [2.75, 3.05) is 13.2 Å². The summed E-state index contributed by atoms with van der Waals surface area (Å²) in [6, 6.07) is 29.9. The molecule has 0 heterocycles. The van der Waals surface area contributed by atoms with Crippen LogP contribution in [0.5, 0.6) is 5.75 Å². The number of aliphatic hydroxyl groups excluding tert-OH is 2. The second kappa shape index (κ2) is 11.4. The van der Waals surface area contributed by atoms with Gasteiger partial charge in [0.15, 0.2) is 0 Å². The number of β-amino-alcohol motifs (C(OH)–C–C–N with tert-alkyl or cyclic N) is 1. The Hall–Kier alpha value is -3.69. The molecule has 0 saturated carbocycles. The summed E-state index contributed by atoms with van der Waals surface area (Å²) in [4.78, 5) is 0. The van der Waals surface area contributed by atoms with E-state index in [0.29, 0.717) is 17.9 Å².